The Bertz CT molecular complexity index is 1120. The molecule has 2 rings (SSSR count). The summed E-state index contributed by atoms with van der Waals surface area (Å²) in [4.78, 5) is 27.9. The third-order valence-electron chi connectivity index (χ3n) is 5.23. The molecule has 2 amide bonds. The molecule has 1 atom stereocenters. The van der Waals surface area contributed by atoms with Gasteiger partial charge in [-0.2, -0.15) is 0 Å². The molecule has 1 N–H and O–H groups in total. The number of rotatable bonds is 11. The molecule has 0 aliphatic carbocycles. The number of benzene rings is 2. The number of aryl methyl sites for hydroxylation is 1. The van der Waals surface area contributed by atoms with Crippen LogP contribution in [0.3, 0.4) is 0 Å². The molecule has 0 unspecified atom stereocenters. The van der Waals surface area contributed by atoms with Crippen molar-refractivity contribution in [1.82, 2.24) is 10.2 Å². The third kappa shape index (κ3) is 7.61. The summed E-state index contributed by atoms with van der Waals surface area (Å²) >= 11 is 12.2. The normalized spacial score (nSPS) is 12.2. The van der Waals surface area contributed by atoms with Crippen molar-refractivity contribution in [3.8, 4) is 0 Å². The summed E-state index contributed by atoms with van der Waals surface area (Å²) < 4.78 is 26.2. The van der Waals surface area contributed by atoms with E-state index in [0.29, 0.717) is 18.0 Å². The van der Waals surface area contributed by atoms with Gasteiger partial charge in [0, 0.05) is 18.1 Å². The van der Waals surface area contributed by atoms with Gasteiger partial charge in [0.1, 0.15) is 12.6 Å². The van der Waals surface area contributed by atoms with Crippen molar-refractivity contribution >= 4 is 50.7 Å². The fourth-order valence-electron chi connectivity index (χ4n) is 3.57. The Hall–Kier alpha value is -2.29. The van der Waals surface area contributed by atoms with Crippen LogP contribution < -0.4 is 9.62 Å². The molecule has 0 aromatic heterocycles. The number of nitrogens with one attached hydrogen (secondary N) is 1. The van der Waals surface area contributed by atoms with Crippen LogP contribution in [0.4, 0.5) is 5.69 Å². The van der Waals surface area contributed by atoms with Crippen molar-refractivity contribution in [2.24, 2.45) is 0 Å². The van der Waals surface area contributed by atoms with Crippen molar-refractivity contribution in [3.63, 3.8) is 0 Å². The summed E-state index contributed by atoms with van der Waals surface area (Å²) in [5, 5.41) is 3.29. The smallest absolute Gasteiger partial charge is 0.244 e. The summed E-state index contributed by atoms with van der Waals surface area (Å²) in [5.41, 5.74) is 1.99. The number of carbonyl (C=O) groups is 2. The van der Waals surface area contributed by atoms with Crippen LogP contribution in [0.5, 0.6) is 0 Å². The third-order valence-corrected chi connectivity index (χ3v) is 6.89. The van der Waals surface area contributed by atoms with E-state index in [0.717, 1.165) is 28.1 Å². The van der Waals surface area contributed by atoms with Crippen LogP contribution in [0, 0.1) is 6.92 Å². The van der Waals surface area contributed by atoms with Gasteiger partial charge in [-0.1, -0.05) is 66.9 Å². The van der Waals surface area contributed by atoms with Crippen LogP contribution in [0.15, 0.2) is 42.5 Å². The first-order valence-corrected chi connectivity index (χ1v) is 13.6. The summed E-state index contributed by atoms with van der Waals surface area (Å²) in [6.45, 7) is 5.83. The second-order valence-electron chi connectivity index (χ2n) is 8.09. The second-order valence-corrected chi connectivity index (χ2v) is 10.8. The van der Waals surface area contributed by atoms with E-state index in [9.17, 15) is 18.0 Å². The Kier molecular flexibility index (Phi) is 10.2. The van der Waals surface area contributed by atoms with Gasteiger partial charge in [-0.15, -0.1) is 0 Å². The van der Waals surface area contributed by atoms with Gasteiger partial charge in [0.25, 0.3) is 0 Å². The molecule has 2 aromatic rings. The van der Waals surface area contributed by atoms with E-state index < -0.39 is 28.5 Å². The van der Waals surface area contributed by atoms with E-state index in [1.54, 1.807) is 0 Å². The average Bonchev–Trinajstić information content (AvgIpc) is 2.75. The van der Waals surface area contributed by atoms with Gasteiger partial charge in [-0.05, 0) is 43.5 Å². The molecular formula is C24H31Cl2N3O4S. The number of anilines is 1. The standard InChI is InChI=1S/C24H31Cl2N3O4S/c1-5-12-27-24(31)21(6-2)28(15-18-9-7-8-17(3)13-18)23(30)16-29(34(4,32)33)22-11-10-19(25)14-20(22)26/h7-11,13-14,21H,5-6,12,15-16H2,1-4H3,(H,27,31)/t21-/m1/s1. The van der Waals surface area contributed by atoms with Gasteiger partial charge in [0.2, 0.25) is 21.8 Å². The van der Waals surface area contributed by atoms with Crippen molar-refractivity contribution < 1.29 is 18.0 Å². The molecule has 7 nitrogen and oxygen atoms in total. The maximum absolute atomic E-state index is 13.6. The number of amides is 2. The van der Waals surface area contributed by atoms with Gasteiger partial charge in [0.05, 0.1) is 17.0 Å². The molecule has 0 bridgehead atoms. The van der Waals surface area contributed by atoms with Gasteiger partial charge >= 0.3 is 0 Å². The zero-order valence-electron chi connectivity index (χ0n) is 19.8. The molecule has 10 heteroatoms. The predicted octanol–water partition coefficient (Wildman–Crippen LogP) is 4.40. The van der Waals surface area contributed by atoms with Crippen LogP contribution in [0.25, 0.3) is 0 Å². The molecule has 0 saturated carbocycles. The average molecular weight is 529 g/mol. The highest BCUT2D eigenvalue weighted by Crippen LogP contribution is 2.30. The van der Waals surface area contributed by atoms with Crippen molar-refractivity contribution in [1.29, 1.82) is 0 Å². The Labute approximate surface area is 212 Å². The van der Waals surface area contributed by atoms with E-state index in [1.807, 2.05) is 45.0 Å². The number of nitrogens with zero attached hydrogens (tertiary/aromatic N) is 2. The molecule has 0 aliphatic rings. The summed E-state index contributed by atoms with van der Waals surface area (Å²) in [6, 6.07) is 11.2. The van der Waals surface area contributed by atoms with Crippen LogP contribution in [-0.4, -0.2) is 50.5 Å². The first-order valence-electron chi connectivity index (χ1n) is 11.0. The first kappa shape index (κ1) is 28.0. The molecule has 0 saturated heterocycles. The second kappa shape index (κ2) is 12.4. The summed E-state index contributed by atoms with van der Waals surface area (Å²) in [7, 11) is -3.87. The van der Waals surface area contributed by atoms with Crippen LogP contribution >= 0.6 is 23.2 Å². The maximum atomic E-state index is 13.6. The lowest BCUT2D eigenvalue weighted by atomic mass is 10.1. The lowest BCUT2D eigenvalue weighted by Gasteiger charge is -2.33. The number of sulfonamides is 1. The topological polar surface area (TPSA) is 86.8 Å². The molecule has 0 spiro atoms. The fourth-order valence-corrected chi connectivity index (χ4v) is 4.99. The van der Waals surface area contributed by atoms with Crippen LogP contribution in [0.2, 0.25) is 10.0 Å². The van der Waals surface area contributed by atoms with Gasteiger partial charge in [-0.25, -0.2) is 8.42 Å². The minimum atomic E-state index is -3.87. The van der Waals surface area contributed by atoms with Gasteiger partial charge in [0.15, 0.2) is 0 Å². The van der Waals surface area contributed by atoms with Gasteiger partial charge < -0.3 is 10.2 Å². The highest BCUT2D eigenvalue weighted by molar-refractivity contribution is 7.92. The number of hydrogen-bond donors (Lipinski definition) is 1. The largest absolute Gasteiger partial charge is 0.354 e. The maximum Gasteiger partial charge on any atom is 0.244 e. The Morgan fingerprint density at radius 2 is 1.79 bits per heavy atom. The lowest BCUT2D eigenvalue weighted by molar-refractivity contribution is -0.140. The highest BCUT2D eigenvalue weighted by atomic mass is 35.5. The van der Waals surface area contributed by atoms with E-state index in [2.05, 4.69) is 5.32 Å². The molecule has 2 aromatic carbocycles. The summed E-state index contributed by atoms with van der Waals surface area (Å²) in [6.07, 6.45) is 2.12. The molecule has 186 valence electrons. The monoisotopic (exact) mass is 527 g/mol. The van der Waals surface area contributed by atoms with Crippen LogP contribution in [0.1, 0.15) is 37.8 Å². The number of halogens is 2. The van der Waals surface area contributed by atoms with E-state index >= 15 is 0 Å². The van der Waals surface area contributed by atoms with Crippen molar-refractivity contribution in [3.05, 3.63) is 63.6 Å². The predicted molar refractivity (Wildman–Crippen MR) is 138 cm³/mol. The zero-order valence-corrected chi connectivity index (χ0v) is 22.2. The first-order chi connectivity index (χ1) is 16.0. The zero-order chi connectivity index (χ0) is 25.5. The highest BCUT2D eigenvalue weighted by Gasteiger charge is 2.32. The Morgan fingerprint density at radius 3 is 2.35 bits per heavy atom. The summed E-state index contributed by atoms with van der Waals surface area (Å²) in [5.74, 6) is -0.794. The van der Waals surface area contributed by atoms with Crippen molar-refractivity contribution in [2.45, 2.75) is 46.2 Å². The molecule has 0 aliphatic heterocycles. The van der Waals surface area contributed by atoms with E-state index in [4.69, 9.17) is 23.2 Å². The molecular weight excluding hydrogens is 497 g/mol. The van der Waals surface area contributed by atoms with Gasteiger partial charge in [-0.3, -0.25) is 13.9 Å². The molecule has 0 heterocycles. The SMILES string of the molecule is CCCNC(=O)[C@@H](CC)N(Cc1cccc(C)c1)C(=O)CN(c1ccc(Cl)cc1Cl)S(C)(=O)=O. The number of hydrogen-bond acceptors (Lipinski definition) is 4. The molecule has 34 heavy (non-hydrogen) atoms. The molecule has 0 radical (unpaired) electrons. The van der Waals surface area contributed by atoms with E-state index in [1.165, 1.54) is 23.1 Å². The Morgan fingerprint density at radius 1 is 1.09 bits per heavy atom. The quantitative estimate of drug-likeness (QED) is 0.469. The number of carbonyl (C=O) groups excluding carboxylic acids is 2. The minimum absolute atomic E-state index is 0.101. The fraction of sp³-hybridized carbons (Fsp3) is 0.417. The molecule has 0 fully saturated rings. The minimum Gasteiger partial charge on any atom is -0.354 e. The van der Waals surface area contributed by atoms with E-state index in [-0.39, 0.29) is 23.2 Å². The Balaban J connectivity index is 2.45. The van der Waals surface area contributed by atoms with Crippen LogP contribution in [-0.2, 0) is 26.2 Å². The lowest BCUT2D eigenvalue weighted by Crippen LogP contribution is -2.52. The van der Waals surface area contributed by atoms with Crippen molar-refractivity contribution in [2.75, 3.05) is 23.7 Å².